The second-order valence-electron chi connectivity index (χ2n) is 3.04. The van der Waals surface area contributed by atoms with E-state index in [-0.39, 0.29) is 4.88 Å². The Morgan fingerprint density at radius 2 is 2.25 bits per heavy atom. The van der Waals surface area contributed by atoms with Crippen molar-refractivity contribution in [3.8, 4) is 16.5 Å². The molecule has 0 unspecified atom stereocenters. The fraction of sp³-hybridized carbons (Fsp3) is 0. The summed E-state index contributed by atoms with van der Waals surface area (Å²) in [4.78, 5) is 15.7. The Morgan fingerprint density at radius 3 is 2.88 bits per heavy atom. The Hall–Kier alpha value is -2.19. The molecule has 5 heteroatoms. The Bertz CT molecular complexity index is 584. The standard InChI is InChI=1S/C11H6N2O2S/c12-4-7-3-8(6-13-5-7)9-1-2-10(16-9)11(14)15/h1-3,5-6H,(H,14,15). The molecule has 2 aromatic heterocycles. The lowest BCUT2D eigenvalue weighted by molar-refractivity contribution is 0.0702. The van der Waals surface area contributed by atoms with Crippen LogP contribution in [0.3, 0.4) is 0 Å². The third-order valence-corrected chi connectivity index (χ3v) is 3.09. The summed E-state index contributed by atoms with van der Waals surface area (Å²) in [7, 11) is 0. The van der Waals surface area contributed by atoms with Gasteiger partial charge in [-0.15, -0.1) is 11.3 Å². The Labute approximate surface area is 95.4 Å². The number of carboxylic acids is 1. The van der Waals surface area contributed by atoms with Gasteiger partial charge in [-0.2, -0.15) is 5.26 Å². The molecule has 2 heterocycles. The van der Waals surface area contributed by atoms with Gasteiger partial charge in [0.1, 0.15) is 10.9 Å². The van der Waals surface area contributed by atoms with Crippen LogP contribution in [0.15, 0.2) is 30.6 Å². The van der Waals surface area contributed by atoms with Gasteiger partial charge >= 0.3 is 5.97 Å². The maximum absolute atomic E-state index is 10.7. The molecule has 0 bridgehead atoms. The molecular formula is C11H6N2O2S. The zero-order valence-electron chi connectivity index (χ0n) is 8.04. The van der Waals surface area contributed by atoms with Gasteiger partial charge in [0.25, 0.3) is 0 Å². The molecule has 0 saturated heterocycles. The number of rotatable bonds is 2. The highest BCUT2D eigenvalue weighted by molar-refractivity contribution is 7.17. The molecule has 0 aliphatic heterocycles. The van der Waals surface area contributed by atoms with Crippen molar-refractivity contribution >= 4 is 17.3 Å². The molecule has 0 fully saturated rings. The minimum atomic E-state index is -0.944. The molecule has 0 amide bonds. The van der Waals surface area contributed by atoms with Crippen LogP contribution in [0.25, 0.3) is 10.4 Å². The number of nitriles is 1. The maximum atomic E-state index is 10.7. The normalized spacial score (nSPS) is 9.69. The number of aromatic carboxylic acids is 1. The van der Waals surface area contributed by atoms with Gasteiger partial charge in [0.05, 0.1) is 5.56 Å². The van der Waals surface area contributed by atoms with Gasteiger partial charge in [-0.1, -0.05) is 0 Å². The predicted molar refractivity (Wildman–Crippen MR) is 59.2 cm³/mol. The minimum Gasteiger partial charge on any atom is -0.477 e. The topological polar surface area (TPSA) is 74.0 Å². The van der Waals surface area contributed by atoms with Gasteiger partial charge < -0.3 is 5.11 Å². The molecule has 0 aliphatic carbocycles. The molecule has 2 aromatic rings. The first-order chi connectivity index (χ1) is 7.70. The number of carboxylic acid groups (broad SMARTS) is 1. The highest BCUT2D eigenvalue weighted by Gasteiger charge is 2.08. The lowest BCUT2D eigenvalue weighted by Crippen LogP contribution is -1.89. The van der Waals surface area contributed by atoms with E-state index < -0.39 is 5.97 Å². The predicted octanol–water partition coefficient (Wildman–Crippen LogP) is 2.38. The molecule has 0 aromatic carbocycles. The van der Waals surface area contributed by atoms with E-state index in [1.54, 1.807) is 24.4 Å². The number of hydrogen-bond acceptors (Lipinski definition) is 4. The van der Waals surface area contributed by atoms with Crippen molar-refractivity contribution in [2.45, 2.75) is 0 Å². The lowest BCUT2D eigenvalue weighted by Gasteiger charge is -1.95. The molecule has 0 aliphatic rings. The van der Waals surface area contributed by atoms with Crippen LogP contribution in [-0.4, -0.2) is 16.1 Å². The largest absolute Gasteiger partial charge is 0.477 e. The molecule has 2 rings (SSSR count). The first-order valence-corrected chi connectivity index (χ1v) is 5.21. The zero-order chi connectivity index (χ0) is 11.5. The Balaban J connectivity index is 2.43. The summed E-state index contributed by atoms with van der Waals surface area (Å²) in [6.45, 7) is 0. The summed E-state index contributed by atoms with van der Waals surface area (Å²) in [6, 6.07) is 6.94. The summed E-state index contributed by atoms with van der Waals surface area (Å²) in [5.74, 6) is -0.944. The minimum absolute atomic E-state index is 0.275. The van der Waals surface area contributed by atoms with E-state index in [2.05, 4.69) is 4.98 Å². The van der Waals surface area contributed by atoms with Crippen molar-refractivity contribution in [3.05, 3.63) is 41.0 Å². The molecular weight excluding hydrogens is 224 g/mol. The highest BCUT2D eigenvalue weighted by atomic mass is 32.1. The molecule has 0 atom stereocenters. The van der Waals surface area contributed by atoms with Crippen molar-refractivity contribution in [2.24, 2.45) is 0 Å². The van der Waals surface area contributed by atoms with Crippen molar-refractivity contribution in [3.63, 3.8) is 0 Å². The van der Waals surface area contributed by atoms with E-state index in [0.29, 0.717) is 5.56 Å². The second-order valence-corrected chi connectivity index (χ2v) is 4.13. The van der Waals surface area contributed by atoms with E-state index in [4.69, 9.17) is 10.4 Å². The number of aromatic nitrogens is 1. The third kappa shape index (κ3) is 1.92. The van der Waals surface area contributed by atoms with Crippen molar-refractivity contribution in [1.82, 2.24) is 4.98 Å². The molecule has 4 nitrogen and oxygen atoms in total. The summed E-state index contributed by atoms with van der Waals surface area (Å²) >= 11 is 1.16. The highest BCUT2D eigenvalue weighted by Crippen LogP contribution is 2.27. The van der Waals surface area contributed by atoms with Crippen LogP contribution in [0, 0.1) is 11.3 Å². The van der Waals surface area contributed by atoms with E-state index >= 15 is 0 Å². The second kappa shape index (κ2) is 4.13. The van der Waals surface area contributed by atoms with E-state index in [1.165, 1.54) is 6.20 Å². The van der Waals surface area contributed by atoms with Crippen LogP contribution in [0.5, 0.6) is 0 Å². The number of carbonyl (C=O) groups is 1. The number of pyridine rings is 1. The fourth-order valence-corrected chi connectivity index (χ4v) is 2.07. The first kappa shape index (κ1) is 10.3. The van der Waals surface area contributed by atoms with Crippen LogP contribution in [0.2, 0.25) is 0 Å². The Kier molecular flexibility index (Phi) is 2.66. The average Bonchev–Trinajstić information content (AvgIpc) is 2.78. The number of hydrogen-bond donors (Lipinski definition) is 1. The van der Waals surface area contributed by atoms with Crippen molar-refractivity contribution < 1.29 is 9.90 Å². The van der Waals surface area contributed by atoms with Gasteiger partial charge in [-0.3, -0.25) is 4.98 Å². The molecule has 0 spiro atoms. The van der Waals surface area contributed by atoms with E-state index in [1.807, 2.05) is 6.07 Å². The van der Waals surface area contributed by atoms with Gasteiger partial charge in [0.2, 0.25) is 0 Å². The summed E-state index contributed by atoms with van der Waals surface area (Å²) in [6.07, 6.45) is 3.08. The van der Waals surface area contributed by atoms with Crippen LogP contribution in [-0.2, 0) is 0 Å². The molecule has 1 N–H and O–H groups in total. The summed E-state index contributed by atoms with van der Waals surface area (Å²) in [5, 5.41) is 17.5. The molecule has 16 heavy (non-hydrogen) atoms. The smallest absolute Gasteiger partial charge is 0.345 e. The van der Waals surface area contributed by atoms with Gasteiger partial charge in [0, 0.05) is 22.8 Å². The molecule has 0 saturated carbocycles. The van der Waals surface area contributed by atoms with Crippen LogP contribution in [0.1, 0.15) is 15.2 Å². The fourth-order valence-electron chi connectivity index (χ4n) is 1.24. The third-order valence-electron chi connectivity index (χ3n) is 1.97. The average molecular weight is 230 g/mol. The van der Waals surface area contributed by atoms with Gasteiger partial charge in [-0.05, 0) is 18.2 Å². The van der Waals surface area contributed by atoms with E-state index in [0.717, 1.165) is 21.8 Å². The summed E-state index contributed by atoms with van der Waals surface area (Å²) < 4.78 is 0. The molecule has 0 radical (unpaired) electrons. The van der Waals surface area contributed by atoms with Crippen LogP contribution >= 0.6 is 11.3 Å². The number of nitrogens with zero attached hydrogens (tertiary/aromatic N) is 2. The van der Waals surface area contributed by atoms with Crippen molar-refractivity contribution in [2.75, 3.05) is 0 Å². The Morgan fingerprint density at radius 1 is 1.44 bits per heavy atom. The quantitative estimate of drug-likeness (QED) is 0.859. The maximum Gasteiger partial charge on any atom is 0.345 e. The molecule has 78 valence electrons. The van der Waals surface area contributed by atoms with Crippen LogP contribution < -0.4 is 0 Å². The lowest BCUT2D eigenvalue weighted by atomic mass is 10.2. The van der Waals surface area contributed by atoms with Gasteiger partial charge in [0.15, 0.2) is 0 Å². The van der Waals surface area contributed by atoms with Gasteiger partial charge in [-0.25, -0.2) is 4.79 Å². The number of thiophene rings is 1. The van der Waals surface area contributed by atoms with Crippen molar-refractivity contribution in [1.29, 1.82) is 5.26 Å². The summed E-state index contributed by atoms with van der Waals surface area (Å²) in [5.41, 5.74) is 1.22. The first-order valence-electron chi connectivity index (χ1n) is 4.39. The van der Waals surface area contributed by atoms with Crippen LogP contribution in [0.4, 0.5) is 0 Å². The monoisotopic (exact) mass is 230 g/mol. The van der Waals surface area contributed by atoms with E-state index in [9.17, 15) is 4.79 Å². The zero-order valence-corrected chi connectivity index (χ0v) is 8.86. The SMILES string of the molecule is N#Cc1cncc(-c2ccc(C(=O)O)s2)c1.